The first-order chi connectivity index (χ1) is 9.35. The summed E-state index contributed by atoms with van der Waals surface area (Å²) in [5.41, 5.74) is 2.35. The van der Waals surface area contributed by atoms with Gasteiger partial charge < -0.3 is 5.32 Å². The fourth-order valence-corrected chi connectivity index (χ4v) is 2.11. The molecule has 0 spiro atoms. The minimum atomic E-state index is 0.663. The van der Waals surface area contributed by atoms with Gasteiger partial charge in [0.1, 0.15) is 12.1 Å². The van der Waals surface area contributed by atoms with Crippen molar-refractivity contribution < 1.29 is 0 Å². The third-order valence-corrected chi connectivity index (χ3v) is 3.30. The van der Waals surface area contributed by atoms with Crippen molar-refractivity contribution >= 4 is 5.82 Å². The predicted octanol–water partition coefficient (Wildman–Crippen LogP) is 2.57. The van der Waals surface area contributed by atoms with Crippen LogP contribution in [0.15, 0.2) is 24.8 Å². The highest BCUT2D eigenvalue weighted by atomic mass is 15.3. The number of nitrogens with zero attached hydrogens (tertiary/aromatic N) is 4. The lowest BCUT2D eigenvalue weighted by Crippen LogP contribution is -2.02. The molecule has 2 aromatic rings. The number of nitrogens with one attached hydrogen (secondary N) is 1. The molecule has 0 atom stereocenters. The Labute approximate surface area is 113 Å². The molecule has 3 rings (SSSR count). The molecule has 5 nitrogen and oxygen atoms in total. The SMILES string of the molecule is CCCn1cc(CNc2cc(C3CC3)ncn2)cn1. The molecule has 0 aromatic carbocycles. The first-order valence-corrected chi connectivity index (χ1v) is 6.92. The summed E-state index contributed by atoms with van der Waals surface area (Å²) in [6.07, 6.45) is 9.27. The highest BCUT2D eigenvalue weighted by Crippen LogP contribution is 2.39. The zero-order valence-electron chi connectivity index (χ0n) is 11.2. The van der Waals surface area contributed by atoms with E-state index in [4.69, 9.17) is 0 Å². The lowest BCUT2D eigenvalue weighted by atomic mass is 10.3. The van der Waals surface area contributed by atoms with Crippen LogP contribution >= 0.6 is 0 Å². The summed E-state index contributed by atoms with van der Waals surface area (Å²) in [7, 11) is 0. The molecule has 1 N–H and O–H groups in total. The van der Waals surface area contributed by atoms with Crippen LogP contribution in [0.2, 0.25) is 0 Å². The van der Waals surface area contributed by atoms with Crippen molar-refractivity contribution in [2.24, 2.45) is 0 Å². The van der Waals surface area contributed by atoms with E-state index in [9.17, 15) is 0 Å². The molecular formula is C14H19N5. The van der Waals surface area contributed by atoms with Crippen molar-refractivity contribution in [1.82, 2.24) is 19.7 Å². The van der Waals surface area contributed by atoms with Gasteiger partial charge in [0.25, 0.3) is 0 Å². The molecule has 5 heteroatoms. The van der Waals surface area contributed by atoms with Crippen molar-refractivity contribution in [3.8, 4) is 0 Å². The van der Waals surface area contributed by atoms with E-state index in [-0.39, 0.29) is 0 Å². The van der Waals surface area contributed by atoms with E-state index in [0.717, 1.165) is 25.3 Å². The van der Waals surface area contributed by atoms with Gasteiger partial charge in [-0.1, -0.05) is 6.92 Å². The van der Waals surface area contributed by atoms with E-state index in [1.807, 2.05) is 10.9 Å². The van der Waals surface area contributed by atoms with E-state index < -0.39 is 0 Å². The first kappa shape index (κ1) is 12.1. The van der Waals surface area contributed by atoms with Crippen LogP contribution in [0.1, 0.15) is 43.4 Å². The summed E-state index contributed by atoms with van der Waals surface area (Å²) in [4.78, 5) is 8.58. The summed E-state index contributed by atoms with van der Waals surface area (Å²) in [6.45, 7) is 3.88. The molecule has 1 aliphatic rings. The monoisotopic (exact) mass is 257 g/mol. The highest BCUT2D eigenvalue weighted by Gasteiger charge is 2.25. The van der Waals surface area contributed by atoms with Crippen molar-refractivity contribution in [2.75, 3.05) is 5.32 Å². The van der Waals surface area contributed by atoms with Crippen molar-refractivity contribution in [1.29, 1.82) is 0 Å². The van der Waals surface area contributed by atoms with Gasteiger partial charge in [-0.05, 0) is 19.3 Å². The van der Waals surface area contributed by atoms with Gasteiger partial charge in [-0.3, -0.25) is 4.68 Å². The molecule has 2 aromatic heterocycles. The molecule has 2 heterocycles. The Morgan fingerprint density at radius 2 is 2.26 bits per heavy atom. The van der Waals surface area contributed by atoms with Crippen LogP contribution in [0.3, 0.4) is 0 Å². The quantitative estimate of drug-likeness (QED) is 0.864. The molecular weight excluding hydrogens is 238 g/mol. The maximum atomic E-state index is 4.32. The van der Waals surface area contributed by atoms with E-state index in [1.165, 1.54) is 24.1 Å². The highest BCUT2D eigenvalue weighted by molar-refractivity contribution is 5.37. The second-order valence-electron chi connectivity index (χ2n) is 5.07. The standard InChI is InChI=1S/C14H19N5/c1-2-5-19-9-11(8-18-19)7-15-14-6-13(12-3-4-12)16-10-17-14/h6,8-10,12H,2-5,7H2,1H3,(H,15,16,17). The van der Waals surface area contributed by atoms with Gasteiger partial charge in [0.15, 0.2) is 0 Å². The summed E-state index contributed by atoms with van der Waals surface area (Å²) in [5.74, 6) is 1.57. The number of hydrogen-bond acceptors (Lipinski definition) is 4. The minimum Gasteiger partial charge on any atom is -0.366 e. The average molecular weight is 257 g/mol. The maximum absolute atomic E-state index is 4.32. The van der Waals surface area contributed by atoms with E-state index >= 15 is 0 Å². The normalized spacial score (nSPS) is 14.6. The fourth-order valence-electron chi connectivity index (χ4n) is 2.11. The average Bonchev–Trinajstić information content (AvgIpc) is 3.19. The number of rotatable bonds is 6. The van der Waals surface area contributed by atoms with Gasteiger partial charge in [-0.15, -0.1) is 0 Å². The Bertz CT molecular complexity index is 544. The topological polar surface area (TPSA) is 55.6 Å². The molecule has 0 bridgehead atoms. The molecule has 1 saturated carbocycles. The Hall–Kier alpha value is -1.91. The summed E-state index contributed by atoms with van der Waals surface area (Å²) >= 11 is 0. The molecule has 1 fully saturated rings. The third-order valence-electron chi connectivity index (χ3n) is 3.30. The second kappa shape index (κ2) is 5.38. The van der Waals surface area contributed by atoms with E-state index in [2.05, 4.69) is 39.6 Å². The second-order valence-corrected chi connectivity index (χ2v) is 5.07. The molecule has 0 saturated heterocycles. The zero-order chi connectivity index (χ0) is 13.1. The number of hydrogen-bond donors (Lipinski definition) is 1. The molecule has 1 aliphatic carbocycles. The van der Waals surface area contributed by atoms with Gasteiger partial charge in [0.05, 0.1) is 6.20 Å². The molecule has 0 unspecified atom stereocenters. The van der Waals surface area contributed by atoms with Crippen LogP contribution in [-0.4, -0.2) is 19.7 Å². The molecule has 0 aliphatic heterocycles. The Morgan fingerprint density at radius 1 is 1.37 bits per heavy atom. The van der Waals surface area contributed by atoms with Crippen molar-refractivity contribution in [3.63, 3.8) is 0 Å². The van der Waals surface area contributed by atoms with Crippen LogP contribution in [0.4, 0.5) is 5.82 Å². The van der Waals surface area contributed by atoms with Crippen LogP contribution < -0.4 is 5.32 Å². The van der Waals surface area contributed by atoms with Crippen molar-refractivity contribution in [3.05, 3.63) is 36.0 Å². The van der Waals surface area contributed by atoms with Crippen LogP contribution in [0.5, 0.6) is 0 Å². The summed E-state index contributed by atoms with van der Waals surface area (Å²) < 4.78 is 1.98. The summed E-state index contributed by atoms with van der Waals surface area (Å²) in [6, 6.07) is 2.06. The van der Waals surface area contributed by atoms with E-state index in [1.54, 1.807) is 6.33 Å². The van der Waals surface area contributed by atoms with Gasteiger partial charge >= 0.3 is 0 Å². The molecule has 100 valence electrons. The predicted molar refractivity (Wildman–Crippen MR) is 73.9 cm³/mol. The number of aromatic nitrogens is 4. The Morgan fingerprint density at radius 3 is 3.05 bits per heavy atom. The van der Waals surface area contributed by atoms with Gasteiger partial charge in [0, 0.05) is 42.5 Å². The lowest BCUT2D eigenvalue weighted by Gasteiger charge is -2.05. The van der Waals surface area contributed by atoms with Gasteiger partial charge in [0.2, 0.25) is 0 Å². The number of aryl methyl sites for hydroxylation is 1. The first-order valence-electron chi connectivity index (χ1n) is 6.92. The maximum Gasteiger partial charge on any atom is 0.129 e. The largest absolute Gasteiger partial charge is 0.366 e. The van der Waals surface area contributed by atoms with Gasteiger partial charge in [-0.25, -0.2) is 9.97 Å². The minimum absolute atomic E-state index is 0.663. The van der Waals surface area contributed by atoms with Crippen molar-refractivity contribution in [2.45, 2.75) is 45.2 Å². The van der Waals surface area contributed by atoms with Crippen LogP contribution in [0.25, 0.3) is 0 Å². The molecule has 0 amide bonds. The molecule has 0 radical (unpaired) electrons. The lowest BCUT2D eigenvalue weighted by molar-refractivity contribution is 0.602. The van der Waals surface area contributed by atoms with E-state index in [0.29, 0.717) is 5.92 Å². The van der Waals surface area contributed by atoms with Crippen LogP contribution in [0, 0.1) is 0 Å². The number of anilines is 1. The van der Waals surface area contributed by atoms with Crippen LogP contribution in [-0.2, 0) is 13.1 Å². The molecule has 19 heavy (non-hydrogen) atoms. The Balaban J connectivity index is 1.59. The van der Waals surface area contributed by atoms with Gasteiger partial charge in [-0.2, -0.15) is 5.10 Å². The smallest absolute Gasteiger partial charge is 0.129 e. The third kappa shape index (κ3) is 3.10. The summed E-state index contributed by atoms with van der Waals surface area (Å²) in [5, 5.41) is 7.65. The zero-order valence-corrected chi connectivity index (χ0v) is 11.2. The fraction of sp³-hybridized carbons (Fsp3) is 0.500. The Kier molecular flexibility index (Phi) is 3.44.